The summed E-state index contributed by atoms with van der Waals surface area (Å²) in [5, 5.41) is 5.93. The summed E-state index contributed by atoms with van der Waals surface area (Å²) in [6, 6.07) is 15.9. The number of para-hydroxylation sites is 1. The number of anilines is 3. The molecule has 0 fully saturated rings. The van der Waals surface area contributed by atoms with Crippen LogP contribution in [0.5, 0.6) is 0 Å². The molecule has 0 aliphatic carbocycles. The Kier molecular flexibility index (Phi) is 5.96. The minimum Gasteiger partial charge on any atom is -0.462 e. The zero-order valence-electron chi connectivity index (χ0n) is 15.6. The van der Waals surface area contributed by atoms with E-state index in [9.17, 15) is 9.59 Å². The van der Waals surface area contributed by atoms with Crippen LogP contribution in [0.2, 0.25) is 0 Å². The highest BCUT2D eigenvalue weighted by atomic mass is 16.5. The zero-order chi connectivity index (χ0) is 19.9. The summed E-state index contributed by atoms with van der Waals surface area (Å²) in [7, 11) is 0. The van der Waals surface area contributed by atoms with Crippen molar-refractivity contribution in [2.75, 3.05) is 17.2 Å². The van der Waals surface area contributed by atoms with E-state index in [-0.39, 0.29) is 17.6 Å². The molecule has 0 aliphatic heterocycles. The lowest BCUT2D eigenvalue weighted by atomic mass is 10.2. The monoisotopic (exact) mass is 376 g/mol. The van der Waals surface area contributed by atoms with Crippen molar-refractivity contribution < 1.29 is 14.3 Å². The number of carbonyl (C=O) groups excluding carboxylic acids is 2. The van der Waals surface area contributed by atoms with Crippen molar-refractivity contribution in [3.8, 4) is 0 Å². The van der Waals surface area contributed by atoms with Crippen LogP contribution in [0.1, 0.15) is 33.3 Å². The van der Waals surface area contributed by atoms with Gasteiger partial charge in [0, 0.05) is 17.4 Å². The normalized spacial score (nSPS) is 10.2. The van der Waals surface area contributed by atoms with Crippen LogP contribution >= 0.6 is 0 Å². The number of aromatic nitrogens is 2. The Labute approximate surface area is 162 Å². The summed E-state index contributed by atoms with van der Waals surface area (Å²) in [6.45, 7) is 4.01. The minimum absolute atomic E-state index is 0.240. The molecule has 0 atom stereocenters. The summed E-state index contributed by atoms with van der Waals surface area (Å²) in [5.74, 6) is -0.225. The highest BCUT2D eigenvalue weighted by Gasteiger charge is 2.11. The molecule has 2 N–H and O–H groups in total. The van der Waals surface area contributed by atoms with Gasteiger partial charge in [0.05, 0.1) is 12.2 Å². The maximum atomic E-state index is 12.5. The van der Waals surface area contributed by atoms with Gasteiger partial charge < -0.3 is 15.4 Å². The molecule has 0 spiro atoms. The van der Waals surface area contributed by atoms with E-state index in [2.05, 4.69) is 20.6 Å². The SMILES string of the molecule is CCOC(=O)c1ccc(Nc2cc(C(=O)Nc3ccccc3C)ncn2)cc1. The number of rotatable bonds is 6. The van der Waals surface area contributed by atoms with Crippen molar-refractivity contribution in [2.45, 2.75) is 13.8 Å². The van der Waals surface area contributed by atoms with Crippen molar-refractivity contribution in [2.24, 2.45) is 0 Å². The molecule has 1 heterocycles. The first kappa shape index (κ1) is 19.0. The molecule has 2 aromatic carbocycles. The molecule has 142 valence electrons. The van der Waals surface area contributed by atoms with Crippen LogP contribution in [-0.2, 0) is 4.74 Å². The Hall–Kier alpha value is -3.74. The Morgan fingerprint density at radius 1 is 1.04 bits per heavy atom. The van der Waals surface area contributed by atoms with Gasteiger partial charge in [-0.25, -0.2) is 14.8 Å². The quantitative estimate of drug-likeness (QED) is 0.633. The molecule has 3 aromatic rings. The molecule has 28 heavy (non-hydrogen) atoms. The van der Waals surface area contributed by atoms with Crippen molar-refractivity contribution in [3.05, 3.63) is 77.7 Å². The smallest absolute Gasteiger partial charge is 0.338 e. The molecule has 7 heteroatoms. The van der Waals surface area contributed by atoms with Gasteiger partial charge >= 0.3 is 5.97 Å². The zero-order valence-corrected chi connectivity index (χ0v) is 15.6. The fourth-order valence-electron chi connectivity index (χ4n) is 2.50. The molecule has 0 saturated carbocycles. The summed E-state index contributed by atoms with van der Waals surface area (Å²) in [5.41, 5.74) is 3.12. The van der Waals surface area contributed by atoms with E-state index in [0.717, 1.165) is 16.9 Å². The van der Waals surface area contributed by atoms with E-state index in [1.54, 1.807) is 37.3 Å². The Bertz CT molecular complexity index is 987. The topological polar surface area (TPSA) is 93.2 Å². The first-order valence-corrected chi connectivity index (χ1v) is 8.80. The number of aryl methyl sites for hydroxylation is 1. The Balaban J connectivity index is 1.70. The second kappa shape index (κ2) is 8.77. The lowest BCUT2D eigenvalue weighted by Gasteiger charge is -2.09. The van der Waals surface area contributed by atoms with Crippen molar-refractivity contribution >= 4 is 29.1 Å². The fraction of sp³-hybridized carbons (Fsp3) is 0.143. The average Bonchev–Trinajstić information content (AvgIpc) is 2.70. The fourth-order valence-corrected chi connectivity index (χ4v) is 2.50. The molecule has 0 unspecified atom stereocenters. The van der Waals surface area contributed by atoms with Crippen LogP contribution in [0.4, 0.5) is 17.2 Å². The van der Waals surface area contributed by atoms with E-state index >= 15 is 0 Å². The van der Waals surface area contributed by atoms with E-state index in [0.29, 0.717) is 18.0 Å². The number of esters is 1. The van der Waals surface area contributed by atoms with Gasteiger partial charge in [-0.15, -0.1) is 0 Å². The van der Waals surface area contributed by atoms with Crippen molar-refractivity contribution in [3.63, 3.8) is 0 Å². The predicted octanol–water partition coefficient (Wildman–Crippen LogP) is 3.96. The molecule has 3 rings (SSSR count). The van der Waals surface area contributed by atoms with Crippen LogP contribution in [0.3, 0.4) is 0 Å². The van der Waals surface area contributed by atoms with Gasteiger partial charge in [-0.1, -0.05) is 18.2 Å². The summed E-state index contributed by atoms with van der Waals surface area (Å²) in [6.07, 6.45) is 1.32. The van der Waals surface area contributed by atoms with Gasteiger partial charge in [0.15, 0.2) is 0 Å². The number of nitrogens with zero attached hydrogens (tertiary/aromatic N) is 2. The van der Waals surface area contributed by atoms with Gasteiger partial charge in [0.2, 0.25) is 0 Å². The molecule has 0 radical (unpaired) electrons. The van der Waals surface area contributed by atoms with Crippen molar-refractivity contribution in [1.29, 1.82) is 0 Å². The van der Waals surface area contributed by atoms with E-state index in [1.165, 1.54) is 6.33 Å². The van der Waals surface area contributed by atoms with E-state index in [1.807, 2.05) is 31.2 Å². The lowest BCUT2D eigenvalue weighted by molar-refractivity contribution is 0.0526. The lowest BCUT2D eigenvalue weighted by Crippen LogP contribution is -2.15. The van der Waals surface area contributed by atoms with Crippen LogP contribution in [-0.4, -0.2) is 28.5 Å². The number of ether oxygens (including phenoxy) is 1. The first-order valence-electron chi connectivity index (χ1n) is 8.80. The second-order valence-corrected chi connectivity index (χ2v) is 5.98. The number of amides is 1. The standard InChI is InChI=1S/C21H20N4O3/c1-3-28-21(27)15-8-10-16(11-9-15)24-19-12-18(22-13-23-19)20(26)25-17-7-5-4-6-14(17)2/h4-13H,3H2,1-2H3,(H,25,26)(H,22,23,24). The molecular weight excluding hydrogens is 356 g/mol. The van der Waals surface area contributed by atoms with Gasteiger partial charge in [-0.3, -0.25) is 4.79 Å². The average molecular weight is 376 g/mol. The van der Waals surface area contributed by atoms with Crippen molar-refractivity contribution in [1.82, 2.24) is 9.97 Å². The van der Waals surface area contributed by atoms with Gasteiger partial charge in [-0.05, 0) is 49.7 Å². The van der Waals surface area contributed by atoms with E-state index < -0.39 is 0 Å². The predicted molar refractivity (Wildman–Crippen MR) is 107 cm³/mol. The third-order valence-corrected chi connectivity index (χ3v) is 3.96. The molecular formula is C21H20N4O3. The first-order chi connectivity index (χ1) is 13.6. The molecule has 1 aromatic heterocycles. The highest BCUT2D eigenvalue weighted by Crippen LogP contribution is 2.18. The number of hydrogen-bond donors (Lipinski definition) is 2. The van der Waals surface area contributed by atoms with Gasteiger partial charge in [-0.2, -0.15) is 0 Å². The second-order valence-electron chi connectivity index (χ2n) is 5.98. The molecule has 1 amide bonds. The maximum Gasteiger partial charge on any atom is 0.338 e. The number of benzene rings is 2. The summed E-state index contributed by atoms with van der Waals surface area (Å²) < 4.78 is 4.96. The number of nitrogens with one attached hydrogen (secondary N) is 2. The Morgan fingerprint density at radius 3 is 2.50 bits per heavy atom. The third kappa shape index (κ3) is 4.70. The molecule has 0 saturated heterocycles. The summed E-state index contributed by atoms with van der Waals surface area (Å²) in [4.78, 5) is 32.3. The Morgan fingerprint density at radius 2 is 1.79 bits per heavy atom. The number of carbonyl (C=O) groups is 2. The third-order valence-electron chi connectivity index (χ3n) is 3.96. The van der Waals surface area contributed by atoms with Gasteiger partial charge in [0.1, 0.15) is 17.8 Å². The highest BCUT2D eigenvalue weighted by molar-refractivity contribution is 6.03. The number of hydrogen-bond acceptors (Lipinski definition) is 6. The van der Waals surface area contributed by atoms with Gasteiger partial charge in [0.25, 0.3) is 5.91 Å². The summed E-state index contributed by atoms with van der Waals surface area (Å²) >= 11 is 0. The minimum atomic E-state index is -0.369. The molecule has 0 bridgehead atoms. The molecule has 0 aliphatic rings. The molecule has 7 nitrogen and oxygen atoms in total. The van der Waals surface area contributed by atoms with Crippen LogP contribution < -0.4 is 10.6 Å². The van der Waals surface area contributed by atoms with Crippen LogP contribution in [0.15, 0.2) is 60.9 Å². The van der Waals surface area contributed by atoms with Crippen LogP contribution in [0, 0.1) is 6.92 Å². The maximum absolute atomic E-state index is 12.5. The van der Waals surface area contributed by atoms with E-state index in [4.69, 9.17) is 4.74 Å². The van der Waals surface area contributed by atoms with Crippen LogP contribution in [0.25, 0.3) is 0 Å². The largest absolute Gasteiger partial charge is 0.462 e.